The maximum absolute atomic E-state index is 12.3. The third kappa shape index (κ3) is 2.81. The third-order valence-electron chi connectivity index (χ3n) is 4.54. The zero-order chi connectivity index (χ0) is 14.2. The summed E-state index contributed by atoms with van der Waals surface area (Å²) in [5, 5.41) is 6.36. The van der Waals surface area contributed by atoms with Crippen molar-refractivity contribution in [2.24, 2.45) is 5.41 Å². The van der Waals surface area contributed by atoms with Crippen LogP contribution in [0.2, 0.25) is 0 Å². The van der Waals surface area contributed by atoms with Gasteiger partial charge in [0.2, 0.25) is 5.95 Å². The standard InChI is InChI=1S/C15H24N4O/c1-15(2)6-4-11(5-7-15)17-13(20)12-10-19-9-3-8-16-14(19)18-12/h10-11H,3-9H2,1-2H3,(H,16,18)(H,17,20). The molecule has 1 aromatic heterocycles. The average Bonchev–Trinajstić information content (AvgIpc) is 2.85. The van der Waals surface area contributed by atoms with Crippen molar-refractivity contribution in [3.63, 3.8) is 0 Å². The van der Waals surface area contributed by atoms with Gasteiger partial charge < -0.3 is 15.2 Å². The summed E-state index contributed by atoms with van der Waals surface area (Å²) in [7, 11) is 0. The Morgan fingerprint density at radius 3 is 2.90 bits per heavy atom. The highest BCUT2D eigenvalue weighted by Crippen LogP contribution is 2.35. The highest BCUT2D eigenvalue weighted by atomic mass is 16.2. The SMILES string of the molecule is CC1(C)CCC(NC(=O)c2cn3c(n2)NCCC3)CC1. The van der Waals surface area contributed by atoms with Crippen LogP contribution in [0.5, 0.6) is 0 Å². The lowest BCUT2D eigenvalue weighted by atomic mass is 9.75. The first-order valence-electron chi connectivity index (χ1n) is 7.65. The summed E-state index contributed by atoms with van der Waals surface area (Å²) in [6, 6.07) is 0.308. The first-order chi connectivity index (χ1) is 9.53. The van der Waals surface area contributed by atoms with E-state index in [0.717, 1.165) is 38.3 Å². The number of aromatic nitrogens is 2. The van der Waals surface area contributed by atoms with E-state index in [1.165, 1.54) is 12.8 Å². The van der Waals surface area contributed by atoms with E-state index in [1.807, 2.05) is 10.8 Å². The lowest BCUT2D eigenvalue weighted by Crippen LogP contribution is -2.39. The molecule has 5 heteroatoms. The van der Waals surface area contributed by atoms with Gasteiger partial charge in [0.1, 0.15) is 5.69 Å². The first-order valence-corrected chi connectivity index (χ1v) is 7.65. The predicted molar refractivity (Wildman–Crippen MR) is 78.8 cm³/mol. The van der Waals surface area contributed by atoms with Gasteiger partial charge in [0, 0.05) is 25.3 Å². The Balaban J connectivity index is 1.61. The maximum atomic E-state index is 12.3. The van der Waals surface area contributed by atoms with Gasteiger partial charge in [-0.15, -0.1) is 0 Å². The molecule has 0 aromatic carbocycles. The van der Waals surface area contributed by atoms with Crippen LogP contribution in [0.1, 0.15) is 56.4 Å². The summed E-state index contributed by atoms with van der Waals surface area (Å²) >= 11 is 0. The summed E-state index contributed by atoms with van der Waals surface area (Å²) in [5.74, 6) is 0.796. The van der Waals surface area contributed by atoms with Crippen LogP contribution in [0, 0.1) is 5.41 Å². The zero-order valence-electron chi connectivity index (χ0n) is 12.4. The molecule has 1 aromatic rings. The topological polar surface area (TPSA) is 59.0 Å². The van der Waals surface area contributed by atoms with Crippen molar-refractivity contribution >= 4 is 11.9 Å². The van der Waals surface area contributed by atoms with Crippen LogP contribution >= 0.6 is 0 Å². The molecular weight excluding hydrogens is 252 g/mol. The smallest absolute Gasteiger partial charge is 0.271 e. The van der Waals surface area contributed by atoms with Crippen LogP contribution in [-0.4, -0.2) is 28.0 Å². The molecule has 0 saturated heterocycles. The van der Waals surface area contributed by atoms with Crippen molar-refractivity contribution in [1.82, 2.24) is 14.9 Å². The average molecular weight is 276 g/mol. The summed E-state index contributed by atoms with van der Waals surface area (Å²) in [6.07, 6.45) is 7.46. The Morgan fingerprint density at radius 1 is 1.45 bits per heavy atom. The number of fused-ring (bicyclic) bond motifs is 1. The molecule has 0 atom stereocenters. The predicted octanol–water partition coefficient (Wildman–Crippen LogP) is 2.40. The summed E-state index contributed by atoms with van der Waals surface area (Å²) < 4.78 is 2.03. The molecule has 0 bridgehead atoms. The quantitative estimate of drug-likeness (QED) is 0.872. The number of aryl methyl sites for hydroxylation is 1. The number of rotatable bonds is 2. The highest BCUT2D eigenvalue weighted by molar-refractivity contribution is 5.92. The van der Waals surface area contributed by atoms with E-state index < -0.39 is 0 Å². The van der Waals surface area contributed by atoms with E-state index in [4.69, 9.17) is 0 Å². The minimum atomic E-state index is -0.0293. The number of hydrogen-bond donors (Lipinski definition) is 2. The van der Waals surface area contributed by atoms with Crippen LogP contribution in [0.25, 0.3) is 0 Å². The summed E-state index contributed by atoms with van der Waals surface area (Å²) in [4.78, 5) is 16.7. The molecule has 0 radical (unpaired) electrons. The van der Waals surface area contributed by atoms with Gasteiger partial charge in [-0.1, -0.05) is 13.8 Å². The van der Waals surface area contributed by atoms with E-state index in [-0.39, 0.29) is 5.91 Å². The highest BCUT2D eigenvalue weighted by Gasteiger charge is 2.28. The Morgan fingerprint density at radius 2 is 2.20 bits per heavy atom. The fourth-order valence-electron chi connectivity index (χ4n) is 3.09. The Hall–Kier alpha value is -1.52. The molecule has 2 N–H and O–H groups in total. The fraction of sp³-hybridized carbons (Fsp3) is 0.733. The van der Waals surface area contributed by atoms with Crippen LogP contribution in [0.4, 0.5) is 5.95 Å². The van der Waals surface area contributed by atoms with Crippen LogP contribution in [0.3, 0.4) is 0 Å². The molecule has 0 spiro atoms. The molecule has 1 fully saturated rings. The van der Waals surface area contributed by atoms with E-state index in [0.29, 0.717) is 17.2 Å². The van der Waals surface area contributed by atoms with Gasteiger partial charge in [0.15, 0.2) is 0 Å². The molecule has 2 heterocycles. The number of nitrogens with zero attached hydrogens (tertiary/aromatic N) is 2. The van der Waals surface area contributed by atoms with E-state index in [2.05, 4.69) is 29.5 Å². The molecule has 1 saturated carbocycles. The number of carbonyl (C=O) groups is 1. The number of hydrogen-bond acceptors (Lipinski definition) is 3. The van der Waals surface area contributed by atoms with Crippen molar-refractivity contribution < 1.29 is 4.79 Å². The molecule has 0 unspecified atom stereocenters. The molecule has 2 aliphatic rings. The maximum Gasteiger partial charge on any atom is 0.271 e. The van der Waals surface area contributed by atoms with E-state index >= 15 is 0 Å². The molecular formula is C15H24N4O. The second-order valence-corrected chi connectivity index (χ2v) is 6.84. The lowest BCUT2D eigenvalue weighted by molar-refractivity contribution is 0.0904. The summed E-state index contributed by atoms with van der Waals surface area (Å²) in [6.45, 7) is 6.50. The number of amides is 1. The normalized spacial score (nSPS) is 21.9. The van der Waals surface area contributed by atoms with Crippen LogP contribution in [0.15, 0.2) is 6.20 Å². The minimum absolute atomic E-state index is 0.0293. The molecule has 3 rings (SSSR count). The van der Waals surface area contributed by atoms with Crippen molar-refractivity contribution in [3.05, 3.63) is 11.9 Å². The van der Waals surface area contributed by atoms with Gasteiger partial charge in [-0.2, -0.15) is 0 Å². The van der Waals surface area contributed by atoms with E-state index in [1.54, 1.807) is 0 Å². The molecule has 1 aliphatic heterocycles. The number of nitrogens with one attached hydrogen (secondary N) is 2. The monoisotopic (exact) mass is 276 g/mol. The van der Waals surface area contributed by atoms with Gasteiger partial charge >= 0.3 is 0 Å². The van der Waals surface area contributed by atoms with Crippen molar-refractivity contribution in [2.75, 3.05) is 11.9 Å². The van der Waals surface area contributed by atoms with Gasteiger partial charge in [0.25, 0.3) is 5.91 Å². The van der Waals surface area contributed by atoms with Gasteiger partial charge in [-0.05, 0) is 37.5 Å². The number of carbonyl (C=O) groups excluding carboxylic acids is 1. The number of imidazole rings is 1. The molecule has 5 nitrogen and oxygen atoms in total. The second-order valence-electron chi connectivity index (χ2n) is 6.84. The van der Waals surface area contributed by atoms with Crippen molar-refractivity contribution in [3.8, 4) is 0 Å². The largest absolute Gasteiger partial charge is 0.356 e. The molecule has 110 valence electrons. The Kier molecular flexibility index (Phi) is 3.44. The van der Waals surface area contributed by atoms with Gasteiger partial charge in [0.05, 0.1) is 0 Å². The third-order valence-corrected chi connectivity index (χ3v) is 4.54. The minimum Gasteiger partial charge on any atom is -0.356 e. The van der Waals surface area contributed by atoms with Crippen LogP contribution in [-0.2, 0) is 6.54 Å². The molecule has 1 amide bonds. The molecule has 1 aliphatic carbocycles. The zero-order valence-corrected chi connectivity index (χ0v) is 12.4. The lowest BCUT2D eigenvalue weighted by Gasteiger charge is -2.34. The molecule has 20 heavy (non-hydrogen) atoms. The fourth-order valence-corrected chi connectivity index (χ4v) is 3.09. The van der Waals surface area contributed by atoms with Gasteiger partial charge in [-0.3, -0.25) is 4.79 Å². The van der Waals surface area contributed by atoms with Crippen molar-refractivity contribution in [1.29, 1.82) is 0 Å². The van der Waals surface area contributed by atoms with Crippen LogP contribution < -0.4 is 10.6 Å². The first kappa shape index (κ1) is 13.5. The summed E-state index contributed by atoms with van der Waals surface area (Å²) in [5.41, 5.74) is 0.970. The van der Waals surface area contributed by atoms with E-state index in [9.17, 15) is 4.79 Å². The van der Waals surface area contributed by atoms with Gasteiger partial charge in [-0.25, -0.2) is 4.98 Å². The second kappa shape index (κ2) is 5.11. The number of anilines is 1. The van der Waals surface area contributed by atoms with Crippen molar-refractivity contribution in [2.45, 2.75) is 58.5 Å². The Labute approximate surface area is 120 Å². The Bertz CT molecular complexity index is 472.